The molecule has 2 bridgehead atoms. The third kappa shape index (κ3) is 4.69. The predicted octanol–water partition coefficient (Wildman–Crippen LogP) is 3.00. The Labute approximate surface area is 255 Å². The van der Waals surface area contributed by atoms with E-state index in [9.17, 15) is 29.4 Å². The van der Waals surface area contributed by atoms with Crippen LogP contribution in [0.3, 0.4) is 0 Å². The van der Waals surface area contributed by atoms with Gasteiger partial charge in [-0.1, -0.05) is 36.4 Å². The molecule has 11 heteroatoms. The lowest BCUT2D eigenvalue weighted by molar-refractivity contribution is -0.367. The molecular weight excluding hydrogens is 572 g/mol. The van der Waals surface area contributed by atoms with E-state index in [0.717, 1.165) is 6.92 Å². The maximum Gasteiger partial charge on any atom is 0.338 e. The molecule has 5 rings (SSSR count). The average molecular weight is 611 g/mol. The normalized spacial score (nSPS) is 36.8. The second kappa shape index (κ2) is 11.0. The van der Waals surface area contributed by atoms with E-state index < -0.39 is 82.5 Å². The summed E-state index contributed by atoms with van der Waals surface area (Å²) in [7, 11) is 0. The van der Waals surface area contributed by atoms with Crippen LogP contribution in [0.1, 0.15) is 68.7 Å². The molecule has 1 heterocycles. The van der Waals surface area contributed by atoms with E-state index in [1.54, 1.807) is 69.3 Å². The fourth-order valence-electron chi connectivity index (χ4n) is 7.66. The molecular formula is C33H38O11. The Morgan fingerprint density at radius 3 is 1.75 bits per heavy atom. The number of aliphatic hydroxyl groups is 2. The fraction of sp³-hybridized carbons (Fsp3) is 0.515. The number of esters is 4. The standard InChI is InChI=1S/C33H38O11/c1-18(34)40-24-25(36)32(6,39)33-26(41-19(2)35)22(30(3,4)44-33)17-23(42-28(37)20-13-9-7-10-14-20)31(33,5)27(24)43-29(38)21-15-11-8-12-16-21/h7-16,22-27,36,39H,17H2,1-6H3/t22-,23+,24-,25+,26-,27+,31-,32+,33-/m1/s1. The van der Waals surface area contributed by atoms with Crippen LogP contribution < -0.4 is 0 Å². The first-order valence-corrected chi connectivity index (χ1v) is 14.5. The molecule has 0 amide bonds. The van der Waals surface area contributed by atoms with Gasteiger partial charge >= 0.3 is 23.9 Å². The van der Waals surface area contributed by atoms with Crippen LogP contribution >= 0.6 is 0 Å². The van der Waals surface area contributed by atoms with E-state index in [4.69, 9.17) is 23.7 Å². The summed E-state index contributed by atoms with van der Waals surface area (Å²) < 4.78 is 30.5. The van der Waals surface area contributed by atoms with Gasteiger partial charge in [-0.15, -0.1) is 0 Å². The second-order valence-corrected chi connectivity index (χ2v) is 12.7. The van der Waals surface area contributed by atoms with Crippen molar-refractivity contribution in [1.29, 1.82) is 0 Å². The van der Waals surface area contributed by atoms with Gasteiger partial charge in [0.1, 0.15) is 29.5 Å². The molecule has 0 unspecified atom stereocenters. The van der Waals surface area contributed by atoms with Gasteiger partial charge in [0, 0.05) is 19.8 Å². The molecule has 0 radical (unpaired) electrons. The lowest BCUT2D eigenvalue weighted by Crippen LogP contribution is -2.85. The SMILES string of the molecule is CC(=O)O[C@H]1[C@H](OC(=O)c2ccccc2)[C@@]2(C)[C@@H](OC(=O)c3ccccc3)C[C@@H]3[C@@H](OC(C)=O)[C@]2(OC3(C)C)[C@@](C)(O)[C@H]1O. The minimum absolute atomic E-state index is 0.0557. The lowest BCUT2D eigenvalue weighted by Gasteiger charge is -2.66. The first-order chi connectivity index (χ1) is 20.6. The highest BCUT2D eigenvalue weighted by molar-refractivity contribution is 5.90. The van der Waals surface area contributed by atoms with Crippen LogP contribution in [0.4, 0.5) is 0 Å². The fourth-order valence-corrected chi connectivity index (χ4v) is 7.66. The van der Waals surface area contributed by atoms with E-state index in [0.29, 0.717) is 0 Å². The number of carbonyl (C=O) groups excluding carboxylic acids is 4. The van der Waals surface area contributed by atoms with Crippen molar-refractivity contribution in [3.8, 4) is 0 Å². The van der Waals surface area contributed by atoms with E-state index >= 15 is 0 Å². The van der Waals surface area contributed by atoms with Crippen LogP contribution in [0.2, 0.25) is 0 Å². The Bertz CT molecular complexity index is 1440. The molecule has 2 saturated carbocycles. The molecule has 3 fully saturated rings. The Morgan fingerprint density at radius 1 is 0.750 bits per heavy atom. The van der Waals surface area contributed by atoms with Crippen LogP contribution in [0, 0.1) is 11.3 Å². The number of aliphatic hydroxyl groups excluding tert-OH is 1. The van der Waals surface area contributed by atoms with Crippen LogP contribution in [0.25, 0.3) is 0 Å². The van der Waals surface area contributed by atoms with Crippen LogP contribution in [-0.4, -0.2) is 81.4 Å². The molecule has 236 valence electrons. The minimum Gasteiger partial charge on any atom is -0.459 e. The third-order valence-corrected chi connectivity index (χ3v) is 9.65. The maximum atomic E-state index is 13.6. The van der Waals surface area contributed by atoms with E-state index in [1.165, 1.54) is 26.0 Å². The van der Waals surface area contributed by atoms with Crippen molar-refractivity contribution in [2.24, 2.45) is 11.3 Å². The van der Waals surface area contributed by atoms with Gasteiger partial charge in [0.05, 0.1) is 22.1 Å². The summed E-state index contributed by atoms with van der Waals surface area (Å²) >= 11 is 0. The van der Waals surface area contributed by atoms with E-state index in [2.05, 4.69) is 0 Å². The zero-order valence-electron chi connectivity index (χ0n) is 25.5. The Balaban J connectivity index is 1.75. The number of fused-ring (bicyclic) bond motifs is 1. The van der Waals surface area contributed by atoms with Crippen molar-refractivity contribution in [2.75, 3.05) is 0 Å². The van der Waals surface area contributed by atoms with Gasteiger partial charge in [-0.3, -0.25) is 9.59 Å². The van der Waals surface area contributed by atoms with Gasteiger partial charge in [-0.2, -0.15) is 0 Å². The van der Waals surface area contributed by atoms with Crippen molar-refractivity contribution >= 4 is 23.9 Å². The van der Waals surface area contributed by atoms with E-state index in [1.807, 2.05) is 0 Å². The van der Waals surface area contributed by atoms with Crippen molar-refractivity contribution in [1.82, 2.24) is 0 Å². The van der Waals surface area contributed by atoms with Crippen molar-refractivity contribution < 1.29 is 53.1 Å². The highest BCUT2D eigenvalue weighted by Gasteiger charge is 2.86. The highest BCUT2D eigenvalue weighted by atomic mass is 16.6. The summed E-state index contributed by atoms with van der Waals surface area (Å²) in [5.74, 6) is -3.65. The Kier molecular flexibility index (Phi) is 7.89. The molecule has 1 aliphatic heterocycles. The number of rotatable bonds is 6. The number of ether oxygens (including phenoxy) is 5. The topological polar surface area (TPSA) is 155 Å². The molecule has 9 atom stereocenters. The van der Waals surface area contributed by atoms with Crippen molar-refractivity contribution in [3.63, 3.8) is 0 Å². The summed E-state index contributed by atoms with van der Waals surface area (Å²) in [6.45, 7) is 8.68. The summed E-state index contributed by atoms with van der Waals surface area (Å²) in [4.78, 5) is 52.1. The molecule has 11 nitrogen and oxygen atoms in total. The summed E-state index contributed by atoms with van der Waals surface area (Å²) in [5, 5.41) is 24.2. The molecule has 1 saturated heterocycles. The average Bonchev–Trinajstić information content (AvgIpc) is 3.15. The zero-order valence-corrected chi connectivity index (χ0v) is 25.5. The smallest absolute Gasteiger partial charge is 0.338 e. The first kappa shape index (κ1) is 31.6. The van der Waals surface area contributed by atoms with Crippen LogP contribution in [0.5, 0.6) is 0 Å². The molecule has 3 aliphatic rings. The summed E-state index contributed by atoms with van der Waals surface area (Å²) in [5.41, 5.74) is -6.79. The zero-order chi connectivity index (χ0) is 32.2. The Hall–Kier alpha value is -3.80. The first-order valence-electron chi connectivity index (χ1n) is 14.5. The number of carbonyl (C=O) groups is 4. The highest BCUT2D eigenvalue weighted by Crippen LogP contribution is 2.69. The molecule has 2 aromatic rings. The molecule has 2 aliphatic carbocycles. The van der Waals surface area contributed by atoms with Gasteiger partial charge in [0.25, 0.3) is 0 Å². The Morgan fingerprint density at radius 2 is 1.25 bits per heavy atom. The largest absolute Gasteiger partial charge is 0.459 e. The molecule has 1 spiro atoms. The summed E-state index contributed by atoms with van der Waals surface area (Å²) in [6, 6.07) is 16.3. The van der Waals surface area contributed by atoms with E-state index in [-0.39, 0.29) is 17.5 Å². The number of hydrogen-bond donors (Lipinski definition) is 2. The van der Waals surface area contributed by atoms with Crippen LogP contribution in [-0.2, 0) is 33.3 Å². The maximum absolute atomic E-state index is 13.6. The van der Waals surface area contributed by atoms with Crippen molar-refractivity contribution in [3.05, 3.63) is 71.8 Å². The van der Waals surface area contributed by atoms with Gasteiger partial charge in [-0.05, 0) is 58.4 Å². The monoisotopic (exact) mass is 610 g/mol. The van der Waals surface area contributed by atoms with Gasteiger partial charge in [0.15, 0.2) is 12.2 Å². The van der Waals surface area contributed by atoms with Crippen molar-refractivity contribution in [2.45, 2.75) is 95.3 Å². The summed E-state index contributed by atoms with van der Waals surface area (Å²) in [6.07, 6.45) is -7.38. The van der Waals surface area contributed by atoms with Gasteiger partial charge < -0.3 is 33.9 Å². The second-order valence-electron chi connectivity index (χ2n) is 12.7. The predicted molar refractivity (Wildman–Crippen MR) is 153 cm³/mol. The molecule has 0 aromatic heterocycles. The van der Waals surface area contributed by atoms with Gasteiger partial charge in [-0.25, -0.2) is 9.59 Å². The quantitative estimate of drug-likeness (QED) is 0.366. The lowest BCUT2D eigenvalue weighted by atomic mass is 9.46. The molecule has 2 N–H and O–H groups in total. The van der Waals surface area contributed by atoms with Gasteiger partial charge in [0.2, 0.25) is 0 Å². The molecule has 44 heavy (non-hydrogen) atoms. The minimum atomic E-state index is -2.30. The molecule has 2 aromatic carbocycles. The third-order valence-electron chi connectivity index (χ3n) is 9.65. The number of benzene rings is 2. The number of hydrogen-bond acceptors (Lipinski definition) is 11. The van der Waals surface area contributed by atoms with Crippen LogP contribution in [0.15, 0.2) is 60.7 Å².